The maximum Gasteiger partial charge on any atom is 0.126 e. The summed E-state index contributed by atoms with van der Waals surface area (Å²) in [5.74, 6) is 0.351. The number of pyridine rings is 1. The number of nitrogens with zero attached hydrogens (tertiary/aromatic N) is 1. The van der Waals surface area contributed by atoms with Gasteiger partial charge in [0.05, 0.1) is 5.52 Å². The fourth-order valence-corrected chi connectivity index (χ4v) is 2.25. The van der Waals surface area contributed by atoms with Gasteiger partial charge >= 0.3 is 0 Å². The SMILES string of the molecule is CCCCCCCc1cc(O)c2ccccc2n1. The van der Waals surface area contributed by atoms with Crippen molar-refractivity contribution in [3.63, 3.8) is 0 Å². The largest absolute Gasteiger partial charge is 0.507 e. The Morgan fingerprint density at radius 3 is 2.67 bits per heavy atom. The van der Waals surface area contributed by atoms with Crippen LogP contribution in [-0.4, -0.2) is 10.1 Å². The fourth-order valence-electron chi connectivity index (χ4n) is 2.25. The summed E-state index contributed by atoms with van der Waals surface area (Å²) in [5, 5.41) is 10.8. The first-order chi connectivity index (χ1) is 8.81. The van der Waals surface area contributed by atoms with Crippen molar-refractivity contribution in [2.24, 2.45) is 0 Å². The lowest BCUT2D eigenvalue weighted by Gasteiger charge is -2.05. The Hall–Kier alpha value is -1.57. The summed E-state index contributed by atoms with van der Waals surface area (Å²) >= 11 is 0. The zero-order chi connectivity index (χ0) is 12.8. The number of fused-ring (bicyclic) bond motifs is 1. The molecule has 0 bridgehead atoms. The minimum absolute atomic E-state index is 0.351. The molecule has 0 atom stereocenters. The number of aromatic hydroxyl groups is 1. The fraction of sp³-hybridized carbons (Fsp3) is 0.438. The van der Waals surface area contributed by atoms with Crippen LogP contribution in [0.4, 0.5) is 0 Å². The van der Waals surface area contributed by atoms with Crippen LogP contribution in [0.2, 0.25) is 0 Å². The molecular formula is C16H21NO. The Bertz CT molecular complexity index is 507. The summed E-state index contributed by atoms with van der Waals surface area (Å²) in [4.78, 5) is 4.59. The van der Waals surface area contributed by atoms with E-state index in [0.29, 0.717) is 5.75 Å². The maximum absolute atomic E-state index is 9.95. The topological polar surface area (TPSA) is 33.1 Å². The van der Waals surface area contributed by atoms with E-state index >= 15 is 0 Å². The van der Waals surface area contributed by atoms with Crippen molar-refractivity contribution in [2.75, 3.05) is 0 Å². The molecule has 2 heteroatoms. The molecule has 0 saturated carbocycles. The Morgan fingerprint density at radius 1 is 1.06 bits per heavy atom. The molecule has 18 heavy (non-hydrogen) atoms. The molecule has 0 unspecified atom stereocenters. The highest BCUT2D eigenvalue weighted by molar-refractivity contribution is 5.84. The van der Waals surface area contributed by atoms with Crippen molar-refractivity contribution in [2.45, 2.75) is 45.4 Å². The molecular weight excluding hydrogens is 222 g/mol. The van der Waals surface area contributed by atoms with Crippen molar-refractivity contribution in [3.8, 4) is 5.75 Å². The average molecular weight is 243 g/mol. The van der Waals surface area contributed by atoms with E-state index in [9.17, 15) is 5.11 Å². The number of aromatic nitrogens is 1. The quantitative estimate of drug-likeness (QED) is 0.760. The van der Waals surface area contributed by atoms with E-state index in [1.807, 2.05) is 30.3 Å². The van der Waals surface area contributed by atoms with Gasteiger partial charge in [-0.25, -0.2) is 0 Å². The van der Waals surface area contributed by atoms with Crippen molar-refractivity contribution < 1.29 is 5.11 Å². The van der Waals surface area contributed by atoms with E-state index in [1.165, 1.54) is 25.7 Å². The molecule has 0 saturated heterocycles. The molecule has 0 fully saturated rings. The van der Waals surface area contributed by atoms with Gasteiger partial charge in [-0.1, -0.05) is 44.7 Å². The third-order valence-electron chi connectivity index (χ3n) is 3.28. The summed E-state index contributed by atoms with van der Waals surface area (Å²) in [5.41, 5.74) is 1.89. The highest BCUT2D eigenvalue weighted by atomic mass is 16.3. The van der Waals surface area contributed by atoms with Gasteiger partial charge < -0.3 is 5.11 Å². The lowest BCUT2D eigenvalue weighted by Crippen LogP contribution is -1.92. The first kappa shape index (κ1) is 12.9. The smallest absolute Gasteiger partial charge is 0.126 e. The Kier molecular flexibility index (Phi) is 4.57. The molecule has 0 spiro atoms. The van der Waals surface area contributed by atoms with Gasteiger partial charge in [-0.15, -0.1) is 0 Å². The van der Waals surface area contributed by atoms with E-state index in [1.54, 1.807) is 0 Å². The summed E-state index contributed by atoms with van der Waals surface area (Å²) in [6.45, 7) is 2.23. The second-order valence-electron chi connectivity index (χ2n) is 4.81. The third kappa shape index (κ3) is 3.22. The molecule has 2 nitrogen and oxygen atoms in total. The van der Waals surface area contributed by atoms with Gasteiger partial charge in [0.25, 0.3) is 0 Å². The van der Waals surface area contributed by atoms with Crippen molar-refractivity contribution >= 4 is 10.9 Å². The van der Waals surface area contributed by atoms with Crippen LogP contribution in [0.3, 0.4) is 0 Å². The standard InChI is InChI=1S/C16H21NO/c1-2-3-4-5-6-9-13-12-16(18)14-10-7-8-11-15(14)17-13/h7-8,10-12H,2-6,9H2,1H3,(H,17,18). The number of unbranched alkanes of at least 4 members (excludes halogenated alkanes) is 4. The molecule has 2 rings (SSSR count). The molecule has 0 amide bonds. The first-order valence-corrected chi connectivity index (χ1v) is 6.89. The second-order valence-corrected chi connectivity index (χ2v) is 4.81. The normalized spacial score (nSPS) is 10.9. The van der Waals surface area contributed by atoms with Crippen LogP contribution in [0.25, 0.3) is 10.9 Å². The molecule has 96 valence electrons. The number of benzene rings is 1. The summed E-state index contributed by atoms with van der Waals surface area (Å²) in [6.07, 6.45) is 7.26. The molecule has 2 aromatic rings. The third-order valence-corrected chi connectivity index (χ3v) is 3.28. The van der Waals surface area contributed by atoms with Crippen LogP contribution in [0, 0.1) is 0 Å². The Morgan fingerprint density at radius 2 is 1.83 bits per heavy atom. The van der Waals surface area contributed by atoms with Crippen molar-refractivity contribution in [1.82, 2.24) is 4.98 Å². The van der Waals surface area contributed by atoms with Gasteiger partial charge in [-0.3, -0.25) is 4.98 Å². The highest BCUT2D eigenvalue weighted by Crippen LogP contribution is 2.24. The van der Waals surface area contributed by atoms with Gasteiger partial charge in [0.1, 0.15) is 5.75 Å². The number of aryl methyl sites for hydroxylation is 1. The maximum atomic E-state index is 9.95. The zero-order valence-corrected chi connectivity index (χ0v) is 11.0. The summed E-state index contributed by atoms with van der Waals surface area (Å²) in [6, 6.07) is 9.55. The Labute approximate surface area is 109 Å². The predicted molar refractivity (Wildman–Crippen MR) is 75.9 cm³/mol. The molecule has 1 heterocycles. The first-order valence-electron chi connectivity index (χ1n) is 6.89. The van der Waals surface area contributed by atoms with E-state index in [0.717, 1.165) is 29.4 Å². The lowest BCUT2D eigenvalue weighted by molar-refractivity contribution is 0.480. The van der Waals surface area contributed by atoms with E-state index in [-0.39, 0.29) is 0 Å². The van der Waals surface area contributed by atoms with Gasteiger partial charge in [0, 0.05) is 17.1 Å². The highest BCUT2D eigenvalue weighted by Gasteiger charge is 2.03. The number of para-hydroxylation sites is 1. The predicted octanol–water partition coefficient (Wildman–Crippen LogP) is 4.45. The minimum Gasteiger partial charge on any atom is -0.507 e. The summed E-state index contributed by atoms with van der Waals surface area (Å²) in [7, 11) is 0. The molecule has 1 N–H and O–H groups in total. The van der Waals surface area contributed by atoms with Crippen LogP contribution < -0.4 is 0 Å². The lowest BCUT2D eigenvalue weighted by atomic mass is 10.1. The van der Waals surface area contributed by atoms with Gasteiger partial charge in [0.15, 0.2) is 0 Å². The van der Waals surface area contributed by atoms with Crippen LogP contribution in [0.15, 0.2) is 30.3 Å². The Balaban J connectivity index is 2.01. The van der Waals surface area contributed by atoms with Crippen LogP contribution >= 0.6 is 0 Å². The number of hydrogen-bond donors (Lipinski definition) is 1. The van der Waals surface area contributed by atoms with E-state index < -0.39 is 0 Å². The monoisotopic (exact) mass is 243 g/mol. The second kappa shape index (κ2) is 6.39. The minimum atomic E-state index is 0.351. The van der Waals surface area contributed by atoms with Crippen LogP contribution in [0.1, 0.15) is 44.7 Å². The van der Waals surface area contributed by atoms with Crippen molar-refractivity contribution in [1.29, 1.82) is 0 Å². The average Bonchev–Trinajstić information content (AvgIpc) is 2.39. The van der Waals surface area contributed by atoms with Crippen LogP contribution in [-0.2, 0) is 6.42 Å². The van der Waals surface area contributed by atoms with E-state index in [4.69, 9.17) is 0 Å². The van der Waals surface area contributed by atoms with Gasteiger partial charge in [0.2, 0.25) is 0 Å². The zero-order valence-electron chi connectivity index (χ0n) is 11.0. The number of hydrogen-bond acceptors (Lipinski definition) is 2. The molecule has 0 aliphatic rings. The van der Waals surface area contributed by atoms with E-state index in [2.05, 4.69) is 11.9 Å². The molecule has 0 aliphatic heterocycles. The number of rotatable bonds is 6. The summed E-state index contributed by atoms with van der Waals surface area (Å²) < 4.78 is 0. The molecule has 1 aromatic heterocycles. The van der Waals surface area contributed by atoms with Crippen molar-refractivity contribution in [3.05, 3.63) is 36.0 Å². The van der Waals surface area contributed by atoms with Gasteiger partial charge in [-0.05, 0) is 25.0 Å². The molecule has 0 radical (unpaired) electrons. The molecule has 1 aromatic carbocycles. The molecule has 0 aliphatic carbocycles. The van der Waals surface area contributed by atoms with Crippen LogP contribution in [0.5, 0.6) is 5.75 Å². The van der Waals surface area contributed by atoms with Gasteiger partial charge in [-0.2, -0.15) is 0 Å².